The highest BCUT2D eigenvalue weighted by atomic mass is 32.1. The topological polar surface area (TPSA) is 62.2 Å². The Morgan fingerprint density at radius 3 is 2.46 bits per heavy atom. The van der Waals surface area contributed by atoms with Crippen molar-refractivity contribution in [2.75, 3.05) is 31.1 Å². The minimum absolute atomic E-state index is 0.164. The fourth-order valence-electron chi connectivity index (χ4n) is 3.38. The molecular formula is C21H23N5OS. The molecule has 1 amide bonds. The second-order valence-electron chi connectivity index (χ2n) is 6.94. The molecule has 0 atom stereocenters. The molecule has 0 saturated carbocycles. The van der Waals surface area contributed by atoms with E-state index in [0.717, 1.165) is 40.2 Å². The lowest BCUT2D eigenvalue weighted by molar-refractivity contribution is -0.130. The number of nitrogens with zero attached hydrogens (tertiary/aromatic N) is 5. The number of amides is 1. The first-order valence-corrected chi connectivity index (χ1v) is 10.3. The largest absolute Gasteiger partial charge is 0.339 e. The van der Waals surface area contributed by atoms with Crippen molar-refractivity contribution in [3.8, 4) is 10.6 Å². The first kappa shape index (κ1) is 18.6. The van der Waals surface area contributed by atoms with Gasteiger partial charge in [-0.15, -0.1) is 11.3 Å². The average molecular weight is 394 g/mol. The maximum absolute atomic E-state index is 12.8. The third kappa shape index (κ3) is 3.89. The predicted molar refractivity (Wildman–Crippen MR) is 112 cm³/mol. The van der Waals surface area contributed by atoms with Gasteiger partial charge in [0.05, 0.1) is 12.1 Å². The van der Waals surface area contributed by atoms with Gasteiger partial charge in [-0.1, -0.05) is 24.3 Å². The number of aryl methyl sites for hydroxylation is 2. The quantitative estimate of drug-likeness (QED) is 0.682. The van der Waals surface area contributed by atoms with Crippen LogP contribution in [0.25, 0.3) is 10.6 Å². The Morgan fingerprint density at radius 1 is 1.04 bits per heavy atom. The molecule has 28 heavy (non-hydrogen) atoms. The number of carbonyl (C=O) groups is 1. The van der Waals surface area contributed by atoms with E-state index in [1.165, 1.54) is 5.56 Å². The smallest absolute Gasteiger partial charge is 0.228 e. The second-order valence-corrected chi connectivity index (χ2v) is 8.02. The number of carbonyl (C=O) groups excluding carboxylic acids is 1. The zero-order valence-electron chi connectivity index (χ0n) is 16.1. The Bertz CT molecular complexity index is 964. The summed E-state index contributed by atoms with van der Waals surface area (Å²) in [5, 5.41) is 0.990. The van der Waals surface area contributed by atoms with Crippen LogP contribution in [0.4, 0.5) is 5.95 Å². The highest BCUT2D eigenvalue weighted by molar-refractivity contribution is 7.15. The van der Waals surface area contributed by atoms with Gasteiger partial charge in [0.15, 0.2) is 0 Å². The lowest BCUT2D eigenvalue weighted by atomic mass is 10.1. The first-order chi connectivity index (χ1) is 13.6. The summed E-state index contributed by atoms with van der Waals surface area (Å²) in [7, 11) is 0. The summed E-state index contributed by atoms with van der Waals surface area (Å²) in [4.78, 5) is 31.2. The number of rotatable bonds is 4. The van der Waals surface area contributed by atoms with E-state index in [0.29, 0.717) is 19.5 Å². The van der Waals surface area contributed by atoms with Crippen LogP contribution in [-0.2, 0) is 11.2 Å². The number of anilines is 1. The maximum Gasteiger partial charge on any atom is 0.228 e. The number of benzene rings is 1. The molecule has 0 bridgehead atoms. The van der Waals surface area contributed by atoms with E-state index in [2.05, 4.69) is 33.9 Å². The third-order valence-corrected chi connectivity index (χ3v) is 6.24. The van der Waals surface area contributed by atoms with Gasteiger partial charge in [0.25, 0.3) is 0 Å². The zero-order chi connectivity index (χ0) is 19.5. The van der Waals surface area contributed by atoms with E-state index in [-0.39, 0.29) is 5.91 Å². The second kappa shape index (κ2) is 8.06. The van der Waals surface area contributed by atoms with Crippen molar-refractivity contribution >= 4 is 23.2 Å². The van der Waals surface area contributed by atoms with Crippen molar-refractivity contribution in [1.29, 1.82) is 0 Å². The molecule has 1 aliphatic rings. The molecule has 6 nitrogen and oxygen atoms in total. The Balaban J connectivity index is 1.40. The van der Waals surface area contributed by atoms with Gasteiger partial charge in [-0.2, -0.15) is 0 Å². The highest BCUT2D eigenvalue weighted by Crippen LogP contribution is 2.30. The normalized spacial score (nSPS) is 14.4. The molecular weight excluding hydrogens is 370 g/mol. The minimum Gasteiger partial charge on any atom is -0.339 e. The summed E-state index contributed by atoms with van der Waals surface area (Å²) in [6.07, 6.45) is 3.91. The summed E-state index contributed by atoms with van der Waals surface area (Å²) in [5.41, 5.74) is 3.30. The summed E-state index contributed by atoms with van der Waals surface area (Å²) < 4.78 is 0. The van der Waals surface area contributed by atoms with Gasteiger partial charge in [-0.05, 0) is 25.5 Å². The van der Waals surface area contributed by atoms with Crippen molar-refractivity contribution in [2.45, 2.75) is 20.3 Å². The van der Waals surface area contributed by atoms with Crippen LogP contribution >= 0.6 is 11.3 Å². The van der Waals surface area contributed by atoms with E-state index in [1.807, 2.05) is 30.0 Å². The molecule has 2 aromatic heterocycles. The SMILES string of the molecule is Cc1ccccc1-c1nc(C)c(CC(=O)N2CCN(c3ncccn3)CC2)s1. The molecule has 0 spiro atoms. The fourth-order valence-corrected chi connectivity index (χ4v) is 4.52. The van der Waals surface area contributed by atoms with Crippen molar-refractivity contribution in [3.05, 3.63) is 58.9 Å². The molecule has 1 aromatic carbocycles. The standard InChI is InChI=1S/C21H23N5OS/c1-15-6-3-4-7-17(15)20-24-16(2)18(28-20)14-19(27)25-10-12-26(13-11-25)21-22-8-5-9-23-21/h3-9H,10-14H2,1-2H3. The van der Waals surface area contributed by atoms with E-state index in [4.69, 9.17) is 4.98 Å². The van der Waals surface area contributed by atoms with Crippen LogP contribution in [0.1, 0.15) is 16.1 Å². The Morgan fingerprint density at radius 2 is 1.75 bits per heavy atom. The molecule has 3 aromatic rings. The zero-order valence-corrected chi connectivity index (χ0v) is 16.9. The van der Waals surface area contributed by atoms with Gasteiger partial charge in [-0.3, -0.25) is 4.79 Å². The molecule has 0 N–H and O–H groups in total. The third-order valence-electron chi connectivity index (χ3n) is 5.05. The van der Waals surface area contributed by atoms with E-state index < -0.39 is 0 Å². The van der Waals surface area contributed by atoms with Crippen molar-refractivity contribution in [3.63, 3.8) is 0 Å². The van der Waals surface area contributed by atoms with Crippen LogP contribution in [0.15, 0.2) is 42.7 Å². The van der Waals surface area contributed by atoms with Gasteiger partial charge in [-0.25, -0.2) is 15.0 Å². The maximum atomic E-state index is 12.8. The molecule has 3 heterocycles. The number of thiazole rings is 1. The molecule has 1 saturated heterocycles. The fraction of sp³-hybridized carbons (Fsp3) is 0.333. The molecule has 0 aliphatic carbocycles. The molecule has 0 unspecified atom stereocenters. The van der Waals surface area contributed by atoms with Gasteiger partial charge in [0.2, 0.25) is 11.9 Å². The minimum atomic E-state index is 0.164. The summed E-state index contributed by atoms with van der Waals surface area (Å²) in [6.45, 7) is 6.98. The van der Waals surface area contributed by atoms with Crippen molar-refractivity contribution < 1.29 is 4.79 Å². The number of hydrogen-bond acceptors (Lipinski definition) is 6. The molecule has 1 aliphatic heterocycles. The van der Waals surface area contributed by atoms with E-state index in [1.54, 1.807) is 23.7 Å². The Hall–Kier alpha value is -2.80. The lowest BCUT2D eigenvalue weighted by Crippen LogP contribution is -2.49. The van der Waals surface area contributed by atoms with Crippen LogP contribution in [0, 0.1) is 13.8 Å². The molecule has 7 heteroatoms. The summed E-state index contributed by atoms with van der Waals surface area (Å²) in [6, 6.07) is 10.0. The average Bonchev–Trinajstić information content (AvgIpc) is 3.09. The van der Waals surface area contributed by atoms with E-state index >= 15 is 0 Å². The van der Waals surface area contributed by atoms with Crippen LogP contribution in [0.2, 0.25) is 0 Å². The number of piperazine rings is 1. The van der Waals surface area contributed by atoms with Crippen LogP contribution < -0.4 is 4.90 Å². The predicted octanol–water partition coefficient (Wildman–Crippen LogP) is 3.11. The molecule has 4 rings (SSSR count). The number of hydrogen-bond donors (Lipinski definition) is 0. The summed E-state index contributed by atoms with van der Waals surface area (Å²) >= 11 is 1.63. The van der Waals surface area contributed by atoms with Crippen LogP contribution in [0.5, 0.6) is 0 Å². The molecule has 0 radical (unpaired) electrons. The first-order valence-electron chi connectivity index (χ1n) is 9.44. The van der Waals surface area contributed by atoms with Crippen LogP contribution in [-0.4, -0.2) is 51.9 Å². The molecule has 1 fully saturated rings. The molecule has 144 valence electrons. The van der Waals surface area contributed by atoms with Gasteiger partial charge >= 0.3 is 0 Å². The monoisotopic (exact) mass is 393 g/mol. The number of aromatic nitrogens is 3. The van der Waals surface area contributed by atoms with Crippen molar-refractivity contribution in [2.24, 2.45) is 0 Å². The van der Waals surface area contributed by atoms with Crippen LogP contribution in [0.3, 0.4) is 0 Å². The Labute approximate surface area is 168 Å². The van der Waals surface area contributed by atoms with Gasteiger partial charge < -0.3 is 9.80 Å². The van der Waals surface area contributed by atoms with Crippen molar-refractivity contribution in [1.82, 2.24) is 19.9 Å². The summed E-state index contributed by atoms with van der Waals surface area (Å²) in [5.74, 6) is 0.896. The lowest BCUT2D eigenvalue weighted by Gasteiger charge is -2.34. The van der Waals surface area contributed by atoms with Gasteiger partial charge in [0, 0.05) is 49.0 Å². The van der Waals surface area contributed by atoms with E-state index in [9.17, 15) is 4.79 Å². The Kier molecular flexibility index (Phi) is 5.34. The van der Waals surface area contributed by atoms with Gasteiger partial charge in [0.1, 0.15) is 5.01 Å². The highest BCUT2D eigenvalue weighted by Gasteiger charge is 2.24.